The maximum atomic E-state index is 12.8. The van der Waals surface area contributed by atoms with Crippen molar-refractivity contribution in [1.29, 1.82) is 0 Å². The van der Waals surface area contributed by atoms with Gasteiger partial charge in [-0.1, -0.05) is 12.1 Å². The van der Waals surface area contributed by atoms with Gasteiger partial charge in [0.15, 0.2) is 0 Å². The molecule has 1 aliphatic heterocycles. The number of aryl methyl sites for hydroxylation is 2. The molecule has 0 spiro atoms. The topological polar surface area (TPSA) is 49.4 Å². The minimum absolute atomic E-state index is 0.0937. The Balaban J connectivity index is 1.75. The van der Waals surface area contributed by atoms with Crippen LogP contribution >= 0.6 is 34.4 Å². The Kier molecular flexibility index (Phi) is 5.68. The van der Waals surface area contributed by atoms with Crippen LogP contribution in [0, 0.1) is 17.4 Å². The summed E-state index contributed by atoms with van der Waals surface area (Å²) < 4.78 is 1.01. The number of benzene rings is 2. The Morgan fingerprint density at radius 1 is 1.16 bits per heavy atom. The number of thioether (sulfide) groups is 1. The fourth-order valence-electron chi connectivity index (χ4n) is 2.69. The standard InChI is InChI=1S/C19H19IN2O2S/c1-12-6-7-16(8-13(12)2)21-18(23)17-10-25-11-22(17)19(24)14-4-3-5-15(20)9-14/h3-9,17H,10-11H2,1-2H3,(H,21,23). The van der Waals surface area contributed by atoms with Gasteiger partial charge in [0.25, 0.3) is 5.91 Å². The molecule has 6 heteroatoms. The largest absolute Gasteiger partial charge is 0.324 e. The van der Waals surface area contributed by atoms with Crippen LogP contribution in [-0.2, 0) is 4.79 Å². The Hall–Kier alpha value is -1.54. The van der Waals surface area contributed by atoms with Crippen molar-refractivity contribution in [3.05, 3.63) is 62.7 Å². The summed E-state index contributed by atoms with van der Waals surface area (Å²) in [5, 5.41) is 2.95. The Morgan fingerprint density at radius 2 is 1.96 bits per heavy atom. The second-order valence-electron chi connectivity index (χ2n) is 6.09. The summed E-state index contributed by atoms with van der Waals surface area (Å²) in [7, 11) is 0. The highest BCUT2D eigenvalue weighted by molar-refractivity contribution is 14.1. The van der Waals surface area contributed by atoms with Gasteiger partial charge in [0.05, 0.1) is 5.88 Å². The zero-order chi connectivity index (χ0) is 18.0. The monoisotopic (exact) mass is 466 g/mol. The third kappa shape index (κ3) is 4.17. The van der Waals surface area contributed by atoms with Crippen LogP contribution in [-0.4, -0.2) is 34.4 Å². The SMILES string of the molecule is Cc1ccc(NC(=O)C2CSCN2C(=O)c2cccc(I)c2)cc1C. The molecule has 2 aromatic rings. The van der Waals surface area contributed by atoms with Gasteiger partial charge in [0.1, 0.15) is 6.04 Å². The lowest BCUT2D eigenvalue weighted by molar-refractivity contribution is -0.119. The number of nitrogens with one attached hydrogen (secondary N) is 1. The average Bonchev–Trinajstić information content (AvgIpc) is 3.07. The van der Waals surface area contributed by atoms with Crippen LogP contribution in [0.2, 0.25) is 0 Å². The van der Waals surface area contributed by atoms with E-state index in [2.05, 4.69) is 27.9 Å². The fourth-order valence-corrected chi connectivity index (χ4v) is 4.39. The molecule has 2 amide bonds. The van der Waals surface area contributed by atoms with E-state index in [1.807, 2.05) is 50.2 Å². The number of carbonyl (C=O) groups is 2. The predicted molar refractivity (Wildman–Crippen MR) is 111 cm³/mol. The smallest absolute Gasteiger partial charge is 0.255 e. The van der Waals surface area contributed by atoms with Crippen molar-refractivity contribution in [2.75, 3.05) is 16.9 Å². The van der Waals surface area contributed by atoms with E-state index in [1.54, 1.807) is 22.7 Å². The number of hydrogen-bond acceptors (Lipinski definition) is 3. The first kappa shape index (κ1) is 18.3. The van der Waals surface area contributed by atoms with Gasteiger partial charge in [-0.25, -0.2) is 0 Å². The van der Waals surface area contributed by atoms with E-state index in [0.29, 0.717) is 17.2 Å². The molecule has 2 aromatic carbocycles. The molecule has 1 atom stereocenters. The van der Waals surface area contributed by atoms with Crippen molar-refractivity contribution in [3.8, 4) is 0 Å². The molecule has 4 nitrogen and oxygen atoms in total. The third-order valence-corrected chi connectivity index (χ3v) is 5.98. The first-order chi connectivity index (χ1) is 12.0. The molecule has 0 aromatic heterocycles. The molecular weight excluding hydrogens is 447 g/mol. The van der Waals surface area contributed by atoms with E-state index < -0.39 is 6.04 Å². The van der Waals surface area contributed by atoms with Crippen molar-refractivity contribution in [2.45, 2.75) is 19.9 Å². The molecule has 0 bridgehead atoms. The van der Waals surface area contributed by atoms with E-state index in [1.165, 1.54) is 5.56 Å². The van der Waals surface area contributed by atoms with E-state index >= 15 is 0 Å². The van der Waals surface area contributed by atoms with Gasteiger partial charge in [-0.15, -0.1) is 11.8 Å². The van der Waals surface area contributed by atoms with E-state index in [-0.39, 0.29) is 11.8 Å². The molecule has 0 aliphatic carbocycles. The van der Waals surface area contributed by atoms with Gasteiger partial charge in [0, 0.05) is 20.6 Å². The molecule has 25 heavy (non-hydrogen) atoms. The highest BCUT2D eigenvalue weighted by atomic mass is 127. The quantitative estimate of drug-likeness (QED) is 0.695. The van der Waals surface area contributed by atoms with Crippen molar-refractivity contribution >= 4 is 51.9 Å². The number of amides is 2. The van der Waals surface area contributed by atoms with Crippen LogP contribution in [0.5, 0.6) is 0 Å². The van der Waals surface area contributed by atoms with E-state index in [4.69, 9.17) is 0 Å². The van der Waals surface area contributed by atoms with E-state index in [9.17, 15) is 9.59 Å². The summed E-state index contributed by atoms with van der Waals surface area (Å²) in [6.07, 6.45) is 0. The van der Waals surface area contributed by atoms with Crippen LogP contribution in [0.1, 0.15) is 21.5 Å². The first-order valence-corrected chi connectivity index (χ1v) is 10.2. The highest BCUT2D eigenvalue weighted by Crippen LogP contribution is 2.25. The number of carbonyl (C=O) groups excluding carboxylic acids is 2. The number of rotatable bonds is 3. The van der Waals surface area contributed by atoms with Gasteiger partial charge in [-0.3, -0.25) is 9.59 Å². The first-order valence-electron chi connectivity index (χ1n) is 7.98. The lowest BCUT2D eigenvalue weighted by Crippen LogP contribution is -2.44. The molecule has 3 rings (SSSR count). The van der Waals surface area contributed by atoms with Crippen molar-refractivity contribution in [1.82, 2.24) is 4.90 Å². The maximum Gasteiger partial charge on any atom is 0.255 e. The summed E-state index contributed by atoms with van der Waals surface area (Å²) in [5.74, 6) is 0.928. The van der Waals surface area contributed by atoms with Crippen molar-refractivity contribution in [2.24, 2.45) is 0 Å². The highest BCUT2D eigenvalue weighted by Gasteiger charge is 2.35. The average molecular weight is 466 g/mol. The summed E-state index contributed by atoms with van der Waals surface area (Å²) >= 11 is 3.79. The molecule has 1 heterocycles. The summed E-state index contributed by atoms with van der Waals surface area (Å²) in [5.41, 5.74) is 3.71. The third-order valence-electron chi connectivity index (χ3n) is 4.29. The zero-order valence-electron chi connectivity index (χ0n) is 14.1. The fraction of sp³-hybridized carbons (Fsp3) is 0.263. The van der Waals surface area contributed by atoms with Crippen LogP contribution in [0.15, 0.2) is 42.5 Å². The molecule has 130 valence electrons. The van der Waals surface area contributed by atoms with Crippen LogP contribution in [0.4, 0.5) is 5.69 Å². The zero-order valence-corrected chi connectivity index (χ0v) is 17.1. The Morgan fingerprint density at radius 3 is 2.68 bits per heavy atom. The normalized spacial score (nSPS) is 16.8. The maximum absolute atomic E-state index is 12.8. The van der Waals surface area contributed by atoms with Crippen molar-refractivity contribution < 1.29 is 9.59 Å². The van der Waals surface area contributed by atoms with Gasteiger partial charge >= 0.3 is 0 Å². The molecule has 1 unspecified atom stereocenters. The van der Waals surface area contributed by atoms with Gasteiger partial charge in [-0.2, -0.15) is 0 Å². The van der Waals surface area contributed by atoms with Gasteiger partial charge < -0.3 is 10.2 Å². The lowest BCUT2D eigenvalue weighted by Gasteiger charge is -2.23. The predicted octanol–water partition coefficient (Wildman–Crippen LogP) is 4.06. The number of anilines is 1. The minimum Gasteiger partial charge on any atom is -0.324 e. The molecular formula is C19H19IN2O2S. The molecule has 1 N–H and O–H groups in total. The number of halogens is 1. The molecule has 1 aliphatic rings. The van der Waals surface area contributed by atoms with Gasteiger partial charge in [0.2, 0.25) is 5.91 Å². The second-order valence-corrected chi connectivity index (χ2v) is 8.33. The number of hydrogen-bond donors (Lipinski definition) is 1. The van der Waals surface area contributed by atoms with Crippen LogP contribution < -0.4 is 5.32 Å². The summed E-state index contributed by atoms with van der Waals surface area (Å²) in [6.45, 7) is 4.05. The Bertz CT molecular complexity index is 825. The van der Waals surface area contributed by atoms with Crippen molar-refractivity contribution in [3.63, 3.8) is 0 Å². The minimum atomic E-state index is -0.447. The van der Waals surface area contributed by atoms with Crippen LogP contribution in [0.25, 0.3) is 0 Å². The number of nitrogens with zero attached hydrogens (tertiary/aromatic N) is 1. The Labute approximate surface area is 165 Å². The second kappa shape index (κ2) is 7.78. The summed E-state index contributed by atoms with van der Waals surface area (Å²) in [4.78, 5) is 27.2. The molecule has 1 fully saturated rings. The van der Waals surface area contributed by atoms with E-state index in [0.717, 1.165) is 14.8 Å². The van der Waals surface area contributed by atoms with Gasteiger partial charge in [-0.05, 0) is 77.9 Å². The molecule has 1 saturated heterocycles. The van der Waals surface area contributed by atoms with Crippen LogP contribution in [0.3, 0.4) is 0 Å². The molecule has 0 radical (unpaired) electrons. The molecule has 0 saturated carbocycles. The lowest BCUT2D eigenvalue weighted by atomic mass is 10.1. The summed E-state index contributed by atoms with van der Waals surface area (Å²) in [6, 6.07) is 12.9.